The van der Waals surface area contributed by atoms with E-state index in [2.05, 4.69) is 20.3 Å². The minimum atomic E-state index is -1.60. The van der Waals surface area contributed by atoms with Crippen molar-refractivity contribution < 1.29 is 43.9 Å². The second-order valence-electron chi connectivity index (χ2n) is 13.1. The number of benzene rings is 1. The molecule has 5 atom stereocenters. The quantitative estimate of drug-likeness (QED) is 0.207. The first-order valence-corrected chi connectivity index (χ1v) is 14.9. The number of aliphatic hydroxyl groups excluding tert-OH is 3. The minimum absolute atomic E-state index is 0.104. The zero-order chi connectivity index (χ0) is 34.0. The number of aromatic nitrogens is 4. The van der Waals surface area contributed by atoms with Crippen LogP contribution < -0.4 is 5.32 Å². The second-order valence-corrected chi connectivity index (χ2v) is 13.1. The molecule has 0 unspecified atom stereocenters. The van der Waals surface area contributed by atoms with Crippen LogP contribution in [-0.4, -0.2) is 107 Å². The molecular formula is C31H42N6O9. The number of fused-ring (bicyclic) bond motifs is 1. The van der Waals surface area contributed by atoms with Gasteiger partial charge in [-0.15, -0.1) is 0 Å². The fraction of sp³-hybridized carbons (Fsp3) is 0.548. The normalized spacial score (nSPS) is 20.7. The summed E-state index contributed by atoms with van der Waals surface area (Å²) in [6.45, 7) is 9.50. The molecule has 2 amide bonds. The van der Waals surface area contributed by atoms with Gasteiger partial charge in [-0.05, 0) is 59.9 Å². The number of imidazole rings is 1. The topological polar surface area (TPSA) is 198 Å². The number of nitrogens with one attached hydrogen (secondary N) is 1. The third-order valence-electron chi connectivity index (χ3n) is 7.17. The molecule has 2 heterocycles. The maximum absolute atomic E-state index is 13.3. The van der Waals surface area contributed by atoms with E-state index in [1.807, 2.05) is 30.3 Å². The standard InChI is InChI=1S/C31H42N6O9/c1-30(2,3)45-28(42)37(29(43)46-31(4,5)6)20-14-19(22(39)23(20)40)36-16-32-21-24(34-25(27(41)44-7)35-26(21)36)33-18(15-38)13-17-11-9-8-10-12-17/h8-12,16,18-20,22-23,38-40H,13-15H2,1-7H3,(H,33,34,35)/t18-,19+,20-,22-,23+/m0/s1. The van der Waals surface area contributed by atoms with E-state index in [-0.39, 0.29) is 35.8 Å². The Balaban J connectivity index is 1.73. The van der Waals surface area contributed by atoms with Crippen LogP contribution in [0.5, 0.6) is 0 Å². The van der Waals surface area contributed by atoms with Crippen molar-refractivity contribution in [1.29, 1.82) is 0 Å². The summed E-state index contributed by atoms with van der Waals surface area (Å²) in [4.78, 5) is 52.9. The molecule has 4 N–H and O–H groups in total. The summed E-state index contributed by atoms with van der Waals surface area (Å²) in [6, 6.07) is 6.72. The molecule has 0 saturated heterocycles. The Kier molecular flexibility index (Phi) is 10.2. The van der Waals surface area contributed by atoms with E-state index < -0.39 is 59.7 Å². The van der Waals surface area contributed by atoms with Crippen molar-refractivity contribution in [3.05, 3.63) is 48.0 Å². The van der Waals surface area contributed by atoms with E-state index in [4.69, 9.17) is 14.2 Å². The van der Waals surface area contributed by atoms with Gasteiger partial charge in [-0.25, -0.2) is 34.2 Å². The maximum atomic E-state index is 13.3. The Hall–Kier alpha value is -4.34. The summed E-state index contributed by atoms with van der Waals surface area (Å²) in [5.41, 5.74) is -0.687. The first-order valence-electron chi connectivity index (χ1n) is 14.9. The number of rotatable bonds is 8. The SMILES string of the molecule is COC(=O)c1nc(N[C@H](CO)Cc2ccccc2)c2ncn([C@@H]3C[C@H](N(C(=O)OC(C)(C)C)C(=O)OC(C)(C)C)[C@@H](O)[C@H]3O)c2n1. The van der Waals surface area contributed by atoms with Crippen LogP contribution in [-0.2, 0) is 20.6 Å². The Morgan fingerprint density at radius 2 is 1.61 bits per heavy atom. The zero-order valence-electron chi connectivity index (χ0n) is 27.0. The van der Waals surface area contributed by atoms with Crippen molar-refractivity contribution in [3.63, 3.8) is 0 Å². The number of hydrogen-bond acceptors (Lipinski definition) is 13. The number of carbonyl (C=O) groups is 3. The summed E-state index contributed by atoms with van der Waals surface area (Å²) < 4.78 is 17.2. The van der Waals surface area contributed by atoms with Gasteiger partial charge < -0.3 is 39.4 Å². The number of imide groups is 1. The number of anilines is 1. The van der Waals surface area contributed by atoms with E-state index in [1.165, 1.54) is 18.0 Å². The Bertz CT molecular complexity index is 1520. The summed E-state index contributed by atoms with van der Waals surface area (Å²) >= 11 is 0. The number of amides is 2. The molecule has 4 rings (SSSR count). The van der Waals surface area contributed by atoms with Crippen LogP contribution in [0.4, 0.5) is 15.4 Å². The summed E-state index contributed by atoms with van der Waals surface area (Å²) in [5, 5.41) is 35.7. The molecule has 0 radical (unpaired) electrons. The third-order valence-corrected chi connectivity index (χ3v) is 7.17. The molecular weight excluding hydrogens is 600 g/mol. The van der Waals surface area contributed by atoms with Gasteiger partial charge in [0.1, 0.15) is 28.9 Å². The molecule has 1 aliphatic rings. The van der Waals surface area contributed by atoms with Crippen LogP contribution in [0.1, 0.15) is 70.2 Å². The highest BCUT2D eigenvalue weighted by atomic mass is 16.6. The average molecular weight is 643 g/mol. The fourth-order valence-electron chi connectivity index (χ4n) is 5.18. The summed E-state index contributed by atoms with van der Waals surface area (Å²) in [5.74, 6) is -1.02. The first kappa shape index (κ1) is 34.5. The van der Waals surface area contributed by atoms with Crippen molar-refractivity contribution in [3.8, 4) is 0 Å². The molecule has 46 heavy (non-hydrogen) atoms. The van der Waals surface area contributed by atoms with Gasteiger partial charge in [0.05, 0.1) is 38.2 Å². The van der Waals surface area contributed by atoms with E-state index in [0.29, 0.717) is 11.3 Å². The predicted molar refractivity (Wildman–Crippen MR) is 165 cm³/mol. The molecule has 1 saturated carbocycles. The molecule has 0 spiro atoms. The molecule has 3 aromatic rings. The van der Waals surface area contributed by atoms with Crippen LogP contribution in [0.25, 0.3) is 11.2 Å². The number of nitrogens with zero attached hydrogens (tertiary/aromatic N) is 5. The lowest BCUT2D eigenvalue weighted by Gasteiger charge is -2.33. The lowest BCUT2D eigenvalue weighted by molar-refractivity contribution is -0.0349. The molecule has 1 aliphatic carbocycles. The fourth-order valence-corrected chi connectivity index (χ4v) is 5.18. The van der Waals surface area contributed by atoms with E-state index in [1.54, 1.807) is 41.5 Å². The van der Waals surface area contributed by atoms with Crippen molar-refractivity contribution >= 4 is 35.1 Å². The van der Waals surface area contributed by atoms with Gasteiger partial charge in [0.2, 0.25) is 5.82 Å². The summed E-state index contributed by atoms with van der Waals surface area (Å²) in [7, 11) is 1.18. The Labute approximate surface area is 266 Å². The highest BCUT2D eigenvalue weighted by Crippen LogP contribution is 2.37. The van der Waals surface area contributed by atoms with Gasteiger partial charge in [0.15, 0.2) is 11.5 Å². The highest BCUT2D eigenvalue weighted by Gasteiger charge is 2.51. The number of ether oxygens (including phenoxy) is 3. The molecule has 15 nitrogen and oxygen atoms in total. The molecule has 15 heteroatoms. The maximum Gasteiger partial charge on any atom is 0.420 e. The molecule has 0 bridgehead atoms. The predicted octanol–water partition coefficient (Wildman–Crippen LogP) is 2.84. The summed E-state index contributed by atoms with van der Waals surface area (Å²) in [6.07, 6.45) is -3.58. The van der Waals surface area contributed by atoms with Crippen LogP contribution >= 0.6 is 0 Å². The number of aliphatic hydroxyl groups is 3. The largest absolute Gasteiger partial charge is 0.463 e. The monoisotopic (exact) mass is 642 g/mol. The molecule has 1 aromatic carbocycles. The van der Waals surface area contributed by atoms with Gasteiger partial charge in [-0.2, -0.15) is 0 Å². The third kappa shape index (κ3) is 7.89. The smallest absolute Gasteiger partial charge is 0.420 e. The molecule has 2 aromatic heterocycles. The zero-order valence-corrected chi connectivity index (χ0v) is 27.0. The number of esters is 1. The highest BCUT2D eigenvalue weighted by molar-refractivity contribution is 5.91. The van der Waals surface area contributed by atoms with Crippen LogP contribution in [0.2, 0.25) is 0 Å². The van der Waals surface area contributed by atoms with Crippen molar-refractivity contribution in [2.75, 3.05) is 19.0 Å². The number of carbonyl (C=O) groups excluding carboxylic acids is 3. The first-order chi connectivity index (χ1) is 21.5. The van der Waals surface area contributed by atoms with E-state index >= 15 is 0 Å². The van der Waals surface area contributed by atoms with E-state index in [9.17, 15) is 29.7 Å². The Morgan fingerprint density at radius 1 is 1.00 bits per heavy atom. The van der Waals surface area contributed by atoms with Gasteiger partial charge >= 0.3 is 18.2 Å². The second kappa shape index (κ2) is 13.6. The van der Waals surface area contributed by atoms with E-state index in [0.717, 1.165) is 5.56 Å². The van der Waals surface area contributed by atoms with Gasteiger partial charge in [0.25, 0.3) is 0 Å². The van der Waals surface area contributed by atoms with Crippen LogP contribution in [0, 0.1) is 0 Å². The number of methoxy groups -OCH3 is 1. The number of hydrogen-bond donors (Lipinski definition) is 4. The van der Waals surface area contributed by atoms with Gasteiger partial charge in [-0.3, -0.25) is 0 Å². The van der Waals surface area contributed by atoms with Gasteiger partial charge in [0, 0.05) is 0 Å². The molecule has 0 aliphatic heterocycles. The van der Waals surface area contributed by atoms with Crippen LogP contribution in [0.15, 0.2) is 36.7 Å². The molecule has 1 fully saturated rings. The Morgan fingerprint density at radius 3 is 2.15 bits per heavy atom. The van der Waals surface area contributed by atoms with Crippen molar-refractivity contribution in [2.45, 2.75) is 95.9 Å². The lowest BCUT2D eigenvalue weighted by atomic mass is 10.1. The lowest BCUT2D eigenvalue weighted by Crippen LogP contribution is -2.52. The van der Waals surface area contributed by atoms with Crippen molar-refractivity contribution in [1.82, 2.24) is 24.4 Å². The average Bonchev–Trinajstić information content (AvgIpc) is 3.51. The molecule has 250 valence electrons. The minimum Gasteiger partial charge on any atom is -0.463 e. The van der Waals surface area contributed by atoms with Gasteiger partial charge in [-0.1, -0.05) is 30.3 Å². The van der Waals surface area contributed by atoms with Crippen LogP contribution in [0.3, 0.4) is 0 Å². The van der Waals surface area contributed by atoms with Crippen molar-refractivity contribution in [2.24, 2.45) is 0 Å².